The SMILES string of the molecule is C\C=C/C=C\C=C(/CC)Cc1ccc(C(C)(C)C)cc1. The zero-order valence-electron chi connectivity index (χ0n) is 13.6. The van der Waals surface area contributed by atoms with Gasteiger partial charge in [0.05, 0.1) is 0 Å². The second kappa shape index (κ2) is 7.89. The van der Waals surface area contributed by atoms with Gasteiger partial charge in [-0.05, 0) is 36.3 Å². The highest BCUT2D eigenvalue weighted by molar-refractivity contribution is 5.31. The summed E-state index contributed by atoms with van der Waals surface area (Å²) < 4.78 is 0. The van der Waals surface area contributed by atoms with Gasteiger partial charge in [0.25, 0.3) is 0 Å². The minimum atomic E-state index is 0.233. The van der Waals surface area contributed by atoms with E-state index in [1.54, 1.807) is 0 Å². The van der Waals surface area contributed by atoms with Crippen LogP contribution in [0.1, 0.15) is 52.2 Å². The summed E-state index contributed by atoms with van der Waals surface area (Å²) in [7, 11) is 0. The van der Waals surface area contributed by atoms with Crippen molar-refractivity contribution in [2.75, 3.05) is 0 Å². The lowest BCUT2D eigenvalue weighted by Gasteiger charge is -2.19. The van der Waals surface area contributed by atoms with E-state index in [0.717, 1.165) is 12.8 Å². The minimum Gasteiger partial charge on any atom is -0.0877 e. The van der Waals surface area contributed by atoms with Crippen LogP contribution < -0.4 is 0 Å². The van der Waals surface area contributed by atoms with Gasteiger partial charge in [0.1, 0.15) is 0 Å². The van der Waals surface area contributed by atoms with Gasteiger partial charge in [-0.3, -0.25) is 0 Å². The van der Waals surface area contributed by atoms with E-state index in [2.05, 4.69) is 76.3 Å². The number of allylic oxidation sites excluding steroid dienone is 6. The molecule has 0 aliphatic heterocycles. The number of benzene rings is 1. The highest BCUT2D eigenvalue weighted by Gasteiger charge is 2.12. The van der Waals surface area contributed by atoms with Crippen molar-refractivity contribution in [1.29, 1.82) is 0 Å². The second-order valence-electron chi connectivity index (χ2n) is 6.21. The molecule has 1 aromatic carbocycles. The fraction of sp³-hybridized carbons (Fsp3) is 0.400. The van der Waals surface area contributed by atoms with Crippen LogP contribution in [0.3, 0.4) is 0 Å². The zero-order chi connectivity index (χ0) is 15.0. The van der Waals surface area contributed by atoms with Gasteiger partial charge >= 0.3 is 0 Å². The van der Waals surface area contributed by atoms with Crippen LogP contribution in [0.5, 0.6) is 0 Å². The maximum Gasteiger partial charge on any atom is -0.00641 e. The van der Waals surface area contributed by atoms with E-state index in [1.807, 2.05) is 13.0 Å². The normalized spacial score (nSPS) is 13.6. The van der Waals surface area contributed by atoms with Crippen molar-refractivity contribution in [3.05, 3.63) is 71.3 Å². The molecule has 20 heavy (non-hydrogen) atoms. The van der Waals surface area contributed by atoms with E-state index in [9.17, 15) is 0 Å². The van der Waals surface area contributed by atoms with Gasteiger partial charge in [-0.25, -0.2) is 0 Å². The highest BCUT2D eigenvalue weighted by Crippen LogP contribution is 2.23. The Hall–Kier alpha value is -1.56. The van der Waals surface area contributed by atoms with E-state index < -0.39 is 0 Å². The van der Waals surface area contributed by atoms with E-state index in [1.165, 1.54) is 16.7 Å². The zero-order valence-corrected chi connectivity index (χ0v) is 13.6. The fourth-order valence-corrected chi connectivity index (χ4v) is 2.05. The third-order valence-electron chi connectivity index (χ3n) is 3.45. The molecule has 1 rings (SSSR count). The van der Waals surface area contributed by atoms with E-state index >= 15 is 0 Å². The van der Waals surface area contributed by atoms with Crippen LogP contribution in [-0.4, -0.2) is 0 Å². The molecule has 108 valence electrons. The first-order chi connectivity index (χ1) is 9.47. The van der Waals surface area contributed by atoms with Gasteiger partial charge in [0.15, 0.2) is 0 Å². The van der Waals surface area contributed by atoms with Crippen LogP contribution in [0.4, 0.5) is 0 Å². The first kappa shape index (κ1) is 16.5. The summed E-state index contributed by atoms with van der Waals surface area (Å²) in [6, 6.07) is 9.05. The van der Waals surface area contributed by atoms with Gasteiger partial charge < -0.3 is 0 Å². The quantitative estimate of drug-likeness (QED) is 0.575. The summed E-state index contributed by atoms with van der Waals surface area (Å²) in [6.07, 6.45) is 12.7. The van der Waals surface area contributed by atoms with Crippen LogP contribution >= 0.6 is 0 Å². The molecule has 0 spiro atoms. The maximum atomic E-state index is 2.26. The molecule has 0 radical (unpaired) electrons. The van der Waals surface area contributed by atoms with Crippen LogP contribution in [-0.2, 0) is 11.8 Å². The molecule has 0 N–H and O–H groups in total. The van der Waals surface area contributed by atoms with Gasteiger partial charge in [0.2, 0.25) is 0 Å². The second-order valence-corrected chi connectivity index (χ2v) is 6.21. The summed E-state index contributed by atoms with van der Waals surface area (Å²) in [5.41, 5.74) is 4.49. The average Bonchev–Trinajstić information content (AvgIpc) is 2.42. The molecule has 0 nitrogen and oxygen atoms in total. The Kier molecular flexibility index (Phi) is 6.51. The Morgan fingerprint density at radius 3 is 2.15 bits per heavy atom. The first-order valence-electron chi connectivity index (χ1n) is 7.54. The molecule has 0 atom stereocenters. The Bertz CT molecular complexity index is 476. The molecule has 0 saturated heterocycles. The van der Waals surface area contributed by atoms with E-state index in [0.29, 0.717) is 0 Å². The molecule has 0 bridgehead atoms. The molecular weight excluding hydrogens is 240 g/mol. The third-order valence-corrected chi connectivity index (χ3v) is 3.45. The molecule has 0 fully saturated rings. The van der Waals surface area contributed by atoms with Crippen molar-refractivity contribution >= 4 is 0 Å². The van der Waals surface area contributed by atoms with Gasteiger partial charge in [0, 0.05) is 0 Å². The molecule has 0 unspecified atom stereocenters. The first-order valence-corrected chi connectivity index (χ1v) is 7.54. The number of hydrogen-bond donors (Lipinski definition) is 0. The lowest BCUT2D eigenvalue weighted by atomic mass is 9.86. The molecule has 0 heterocycles. The molecule has 0 saturated carbocycles. The van der Waals surface area contributed by atoms with Crippen LogP contribution in [0.15, 0.2) is 60.2 Å². The van der Waals surface area contributed by atoms with E-state index in [-0.39, 0.29) is 5.41 Å². The molecular formula is C20H28. The summed E-state index contributed by atoms with van der Waals surface area (Å²) in [4.78, 5) is 0. The standard InChI is InChI=1S/C20H28/c1-6-8-9-10-11-17(7-2)16-18-12-14-19(15-13-18)20(3,4)5/h6,8-15H,7,16H2,1-5H3/b8-6-,10-9-,17-11+. The van der Waals surface area contributed by atoms with Gasteiger partial charge in [-0.15, -0.1) is 0 Å². The van der Waals surface area contributed by atoms with Gasteiger partial charge in [-0.1, -0.05) is 87.9 Å². The van der Waals surface area contributed by atoms with Crippen molar-refractivity contribution in [3.8, 4) is 0 Å². The summed E-state index contributed by atoms with van der Waals surface area (Å²) in [6.45, 7) is 11.0. The number of rotatable bonds is 5. The monoisotopic (exact) mass is 268 g/mol. The van der Waals surface area contributed by atoms with E-state index in [4.69, 9.17) is 0 Å². The largest absolute Gasteiger partial charge is 0.0877 e. The van der Waals surface area contributed by atoms with Crippen LogP contribution in [0, 0.1) is 0 Å². The molecule has 0 aromatic heterocycles. The minimum absolute atomic E-state index is 0.233. The van der Waals surface area contributed by atoms with Gasteiger partial charge in [-0.2, -0.15) is 0 Å². The molecule has 0 aliphatic rings. The average molecular weight is 268 g/mol. The molecule has 1 aromatic rings. The van der Waals surface area contributed by atoms with Crippen LogP contribution in [0.25, 0.3) is 0 Å². The van der Waals surface area contributed by atoms with Crippen molar-refractivity contribution in [2.45, 2.75) is 52.9 Å². The van der Waals surface area contributed by atoms with Crippen molar-refractivity contribution in [2.24, 2.45) is 0 Å². The molecule has 0 amide bonds. The molecule has 0 aliphatic carbocycles. The Morgan fingerprint density at radius 2 is 1.65 bits per heavy atom. The summed E-state index contributed by atoms with van der Waals surface area (Å²) >= 11 is 0. The smallest absolute Gasteiger partial charge is 0.00641 e. The predicted molar refractivity (Wildman–Crippen MR) is 91.2 cm³/mol. The lowest BCUT2D eigenvalue weighted by Crippen LogP contribution is -2.10. The maximum absolute atomic E-state index is 2.26. The van der Waals surface area contributed by atoms with Crippen molar-refractivity contribution in [3.63, 3.8) is 0 Å². The Labute approximate surface area is 124 Å². The van der Waals surface area contributed by atoms with Crippen molar-refractivity contribution in [1.82, 2.24) is 0 Å². The van der Waals surface area contributed by atoms with Crippen molar-refractivity contribution < 1.29 is 0 Å². The Balaban J connectivity index is 2.76. The molecule has 0 heteroatoms. The highest BCUT2D eigenvalue weighted by atomic mass is 14.2. The third kappa shape index (κ3) is 5.61. The predicted octanol–water partition coefficient (Wildman–Crippen LogP) is 6.00. The fourth-order valence-electron chi connectivity index (χ4n) is 2.05. The van der Waals surface area contributed by atoms with Crippen LogP contribution in [0.2, 0.25) is 0 Å². The summed E-state index contributed by atoms with van der Waals surface area (Å²) in [5, 5.41) is 0. The summed E-state index contributed by atoms with van der Waals surface area (Å²) in [5.74, 6) is 0. The number of hydrogen-bond acceptors (Lipinski definition) is 0. The topological polar surface area (TPSA) is 0 Å². The Morgan fingerprint density at radius 1 is 1.00 bits per heavy atom. The lowest BCUT2D eigenvalue weighted by molar-refractivity contribution is 0.590.